The van der Waals surface area contributed by atoms with E-state index in [1.54, 1.807) is 13.8 Å². The Balaban J connectivity index is 3.52. The van der Waals surface area contributed by atoms with Gasteiger partial charge in [0.15, 0.2) is 0 Å². The second kappa shape index (κ2) is 4.24. The second-order valence-corrected chi connectivity index (χ2v) is 3.86. The van der Waals surface area contributed by atoms with Crippen molar-refractivity contribution in [3.63, 3.8) is 0 Å². The predicted octanol–water partition coefficient (Wildman–Crippen LogP) is 1.86. The lowest BCUT2D eigenvalue weighted by atomic mass is 10.3. The quantitative estimate of drug-likeness (QED) is 0.871. The minimum Gasteiger partial charge on any atom is -0.480 e. The van der Waals surface area contributed by atoms with Crippen LogP contribution in [0.25, 0.3) is 0 Å². The summed E-state index contributed by atoms with van der Waals surface area (Å²) in [5.74, 6) is -1.02. The highest BCUT2D eigenvalue weighted by Crippen LogP contribution is 2.18. The molecule has 0 fully saturated rings. The summed E-state index contributed by atoms with van der Waals surface area (Å²) in [6.07, 6.45) is 0. The number of pyridine rings is 1. The molecule has 0 radical (unpaired) electrons. The van der Waals surface area contributed by atoms with Crippen LogP contribution in [0.1, 0.15) is 11.4 Å². The van der Waals surface area contributed by atoms with Crippen LogP contribution in [0.15, 0.2) is 4.79 Å². The van der Waals surface area contributed by atoms with Crippen LogP contribution in [-0.4, -0.2) is 15.6 Å². The van der Waals surface area contributed by atoms with Gasteiger partial charge in [-0.2, -0.15) is 0 Å². The Morgan fingerprint density at radius 1 is 1.27 bits per heavy atom. The molecule has 15 heavy (non-hydrogen) atoms. The summed E-state index contributed by atoms with van der Waals surface area (Å²) in [7, 11) is 0. The summed E-state index contributed by atoms with van der Waals surface area (Å²) < 4.78 is 1.40. The fraction of sp³-hybridized carbons (Fsp3) is 0.333. The zero-order chi connectivity index (χ0) is 11.7. The molecule has 0 aromatic carbocycles. The highest BCUT2D eigenvalue weighted by atomic mass is 35.5. The monoisotopic (exact) mass is 249 g/mol. The smallest absolute Gasteiger partial charge is 0.323 e. The molecule has 0 unspecified atom stereocenters. The molecule has 82 valence electrons. The SMILES string of the molecule is Cc1c(Cl)c(=O)c(Cl)c(C)n1CC(=O)O. The number of nitrogens with zero attached hydrogens (tertiary/aromatic N) is 1. The normalized spacial score (nSPS) is 10.4. The van der Waals surface area contributed by atoms with Crippen molar-refractivity contribution in [2.75, 3.05) is 0 Å². The zero-order valence-electron chi connectivity index (χ0n) is 8.17. The van der Waals surface area contributed by atoms with Crippen LogP contribution in [-0.2, 0) is 11.3 Å². The number of aliphatic carboxylic acids is 1. The number of carbonyl (C=O) groups is 1. The molecule has 1 rings (SSSR count). The van der Waals surface area contributed by atoms with E-state index >= 15 is 0 Å². The van der Waals surface area contributed by atoms with E-state index in [0.717, 1.165) is 0 Å². The van der Waals surface area contributed by atoms with Gasteiger partial charge in [-0.3, -0.25) is 9.59 Å². The Bertz CT molecular complexity index is 447. The van der Waals surface area contributed by atoms with E-state index < -0.39 is 11.4 Å². The van der Waals surface area contributed by atoms with E-state index in [1.807, 2.05) is 0 Å². The number of halogens is 2. The Morgan fingerprint density at radius 2 is 1.67 bits per heavy atom. The molecular weight excluding hydrogens is 241 g/mol. The van der Waals surface area contributed by atoms with Gasteiger partial charge < -0.3 is 9.67 Å². The first-order valence-electron chi connectivity index (χ1n) is 4.13. The summed E-state index contributed by atoms with van der Waals surface area (Å²) in [6.45, 7) is 2.89. The van der Waals surface area contributed by atoms with Crippen molar-refractivity contribution in [2.24, 2.45) is 0 Å². The molecule has 1 aromatic heterocycles. The van der Waals surface area contributed by atoms with E-state index in [-0.39, 0.29) is 16.6 Å². The van der Waals surface area contributed by atoms with Gasteiger partial charge in [0.1, 0.15) is 16.6 Å². The first-order valence-corrected chi connectivity index (χ1v) is 4.88. The molecule has 0 saturated carbocycles. The summed E-state index contributed by atoms with van der Waals surface area (Å²) in [4.78, 5) is 22.0. The van der Waals surface area contributed by atoms with Gasteiger partial charge >= 0.3 is 5.97 Å². The maximum atomic E-state index is 11.4. The summed E-state index contributed by atoms with van der Waals surface area (Å²) in [6, 6.07) is 0. The number of aromatic nitrogens is 1. The van der Waals surface area contributed by atoms with Crippen molar-refractivity contribution < 1.29 is 9.90 Å². The maximum absolute atomic E-state index is 11.4. The largest absolute Gasteiger partial charge is 0.480 e. The third kappa shape index (κ3) is 2.16. The van der Waals surface area contributed by atoms with Crippen LogP contribution in [0.2, 0.25) is 10.0 Å². The Kier molecular flexibility index (Phi) is 3.42. The molecular formula is C9H9Cl2NO3. The lowest BCUT2D eigenvalue weighted by Crippen LogP contribution is -2.20. The fourth-order valence-electron chi connectivity index (χ4n) is 1.29. The molecule has 0 spiro atoms. The average Bonchev–Trinajstić information content (AvgIpc) is 2.18. The van der Waals surface area contributed by atoms with Gasteiger partial charge in [0, 0.05) is 11.4 Å². The molecule has 0 aliphatic carbocycles. The van der Waals surface area contributed by atoms with Crippen LogP contribution >= 0.6 is 23.2 Å². The van der Waals surface area contributed by atoms with Crippen molar-refractivity contribution in [3.05, 3.63) is 31.7 Å². The second-order valence-electron chi connectivity index (χ2n) is 3.11. The molecule has 1 heterocycles. The third-order valence-corrected chi connectivity index (χ3v) is 3.03. The lowest BCUT2D eigenvalue weighted by molar-refractivity contribution is -0.137. The van der Waals surface area contributed by atoms with Crippen LogP contribution in [0.4, 0.5) is 0 Å². The van der Waals surface area contributed by atoms with Crippen LogP contribution in [0, 0.1) is 13.8 Å². The van der Waals surface area contributed by atoms with Crippen molar-refractivity contribution in [3.8, 4) is 0 Å². The fourth-order valence-corrected chi connectivity index (χ4v) is 1.73. The summed E-state index contributed by atoms with van der Waals surface area (Å²) >= 11 is 11.5. The van der Waals surface area contributed by atoms with E-state index in [2.05, 4.69) is 0 Å². The van der Waals surface area contributed by atoms with Gasteiger partial charge in [-0.25, -0.2) is 0 Å². The molecule has 6 heteroatoms. The van der Waals surface area contributed by atoms with Crippen molar-refractivity contribution >= 4 is 29.2 Å². The van der Waals surface area contributed by atoms with Crippen molar-refractivity contribution in [2.45, 2.75) is 20.4 Å². The number of carboxylic acid groups (broad SMARTS) is 1. The van der Waals surface area contributed by atoms with Gasteiger partial charge in [-0.05, 0) is 13.8 Å². The Labute approximate surface area is 96.0 Å². The molecule has 0 amide bonds. The lowest BCUT2D eigenvalue weighted by Gasteiger charge is -2.14. The summed E-state index contributed by atoms with van der Waals surface area (Å²) in [5, 5.41) is 8.61. The molecule has 4 nitrogen and oxygen atoms in total. The molecule has 0 aliphatic heterocycles. The number of hydrogen-bond acceptors (Lipinski definition) is 2. The van der Waals surface area contributed by atoms with E-state index in [4.69, 9.17) is 28.3 Å². The maximum Gasteiger partial charge on any atom is 0.323 e. The van der Waals surface area contributed by atoms with Gasteiger partial charge in [0.05, 0.1) is 0 Å². The molecule has 1 N–H and O–H groups in total. The van der Waals surface area contributed by atoms with E-state index in [9.17, 15) is 9.59 Å². The highest BCUT2D eigenvalue weighted by molar-refractivity contribution is 6.35. The standard InChI is InChI=1S/C9H9Cl2NO3/c1-4-7(10)9(15)8(11)5(2)12(4)3-6(13)14/h3H2,1-2H3,(H,13,14). The Morgan fingerprint density at radius 3 is 2.00 bits per heavy atom. The topological polar surface area (TPSA) is 59.3 Å². The van der Waals surface area contributed by atoms with Crippen molar-refractivity contribution in [1.82, 2.24) is 4.57 Å². The number of rotatable bonds is 2. The molecule has 0 aliphatic rings. The summed E-state index contributed by atoms with van der Waals surface area (Å²) in [5.41, 5.74) is 0.354. The van der Waals surface area contributed by atoms with Crippen LogP contribution in [0.3, 0.4) is 0 Å². The highest BCUT2D eigenvalue weighted by Gasteiger charge is 2.15. The molecule has 0 bridgehead atoms. The minimum atomic E-state index is -1.02. The van der Waals surface area contributed by atoms with E-state index in [0.29, 0.717) is 11.4 Å². The molecule has 0 saturated heterocycles. The average molecular weight is 250 g/mol. The predicted molar refractivity (Wildman–Crippen MR) is 57.8 cm³/mol. The number of carboxylic acids is 1. The first-order chi connectivity index (χ1) is 6.86. The molecule has 1 aromatic rings. The van der Waals surface area contributed by atoms with E-state index in [1.165, 1.54) is 4.57 Å². The van der Waals surface area contributed by atoms with Gasteiger partial charge in [0.25, 0.3) is 0 Å². The third-order valence-electron chi connectivity index (χ3n) is 2.14. The van der Waals surface area contributed by atoms with Gasteiger partial charge in [-0.15, -0.1) is 0 Å². The first kappa shape index (κ1) is 12.1. The zero-order valence-corrected chi connectivity index (χ0v) is 9.69. The van der Waals surface area contributed by atoms with Gasteiger partial charge in [0.2, 0.25) is 5.43 Å². The van der Waals surface area contributed by atoms with Crippen molar-refractivity contribution in [1.29, 1.82) is 0 Å². The van der Waals surface area contributed by atoms with Crippen LogP contribution < -0.4 is 5.43 Å². The van der Waals surface area contributed by atoms with Crippen LogP contribution in [0.5, 0.6) is 0 Å². The van der Waals surface area contributed by atoms with Gasteiger partial charge in [-0.1, -0.05) is 23.2 Å². The molecule has 0 atom stereocenters. The minimum absolute atomic E-state index is 0.0353. The Hall–Kier alpha value is -1.00. The number of hydrogen-bond donors (Lipinski definition) is 1.